The molecule has 0 fully saturated rings. The summed E-state index contributed by atoms with van der Waals surface area (Å²) in [5.74, 6) is 0. The average Bonchev–Trinajstić information content (AvgIpc) is 2.61. The Balaban J connectivity index is 2.31. The number of rotatable bonds is 3. The molecule has 0 radical (unpaired) electrons. The number of carbonyl (C=O) groups excluding carboxylic acids is 1. The average molecular weight is 176 g/mol. The minimum atomic E-state index is 0.520. The van der Waals surface area contributed by atoms with Crippen molar-refractivity contribution in [3.63, 3.8) is 0 Å². The molecule has 2 aromatic rings. The van der Waals surface area contributed by atoms with E-state index in [1.54, 1.807) is 0 Å². The van der Waals surface area contributed by atoms with Gasteiger partial charge in [0.25, 0.3) is 0 Å². The number of benzene rings is 1. The number of nitrogens with zero attached hydrogens (tertiary/aromatic N) is 1. The van der Waals surface area contributed by atoms with Crippen LogP contribution in [0.25, 0.3) is 11.1 Å². The molecule has 13 heavy (non-hydrogen) atoms. The fourth-order valence-corrected chi connectivity index (χ4v) is 1.17. The number of hydrogen-bond acceptors (Lipinski definition) is 3. The Labute approximate surface area is 74.6 Å². The van der Waals surface area contributed by atoms with E-state index in [0.29, 0.717) is 13.0 Å². The first-order chi connectivity index (χ1) is 6.40. The molecule has 0 aliphatic heterocycles. The number of carbonyl (C=O) groups is 1. The Kier molecular flexibility index (Phi) is 1.96. The molecule has 0 bridgehead atoms. The van der Waals surface area contributed by atoms with Crippen LogP contribution in [0.1, 0.15) is 5.56 Å². The minimum Gasteiger partial charge on any atom is -0.443 e. The van der Waals surface area contributed by atoms with Crippen LogP contribution in [0, 0.1) is 0 Å². The number of nitrogens with one attached hydrogen (secondary N) is 1. The van der Waals surface area contributed by atoms with Gasteiger partial charge in [0.1, 0.15) is 5.52 Å². The van der Waals surface area contributed by atoms with Crippen molar-refractivity contribution < 1.29 is 9.21 Å². The number of oxazole rings is 1. The molecular weight excluding hydrogens is 168 g/mol. The van der Waals surface area contributed by atoms with Crippen LogP contribution in [-0.4, -0.2) is 11.4 Å². The van der Waals surface area contributed by atoms with Crippen LogP contribution in [0.3, 0.4) is 0 Å². The number of aromatic nitrogens is 1. The topological polar surface area (TPSA) is 55.1 Å². The SMILES string of the molecule is O=CNCc1ccc2ocnc2c1. The fourth-order valence-electron chi connectivity index (χ4n) is 1.17. The summed E-state index contributed by atoms with van der Waals surface area (Å²) in [5, 5.41) is 2.58. The molecule has 2 rings (SSSR count). The lowest BCUT2D eigenvalue weighted by atomic mass is 10.2. The third-order valence-corrected chi connectivity index (χ3v) is 1.78. The van der Waals surface area contributed by atoms with Gasteiger partial charge in [-0.3, -0.25) is 4.79 Å². The molecule has 66 valence electrons. The maximum Gasteiger partial charge on any atom is 0.207 e. The summed E-state index contributed by atoms with van der Waals surface area (Å²) >= 11 is 0. The normalized spacial score (nSPS) is 10.2. The zero-order valence-corrected chi connectivity index (χ0v) is 6.86. The first kappa shape index (κ1) is 7.79. The zero-order valence-electron chi connectivity index (χ0n) is 6.86. The highest BCUT2D eigenvalue weighted by molar-refractivity contribution is 5.72. The maximum atomic E-state index is 10.0. The third-order valence-electron chi connectivity index (χ3n) is 1.78. The molecule has 0 atom stereocenters. The van der Waals surface area contributed by atoms with Gasteiger partial charge in [0, 0.05) is 6.54 Å². The Morgan fingerprint density at radius 2 is 2.46 bits per heavy atom. The quantitative estimate of drug-likeness (QED) is 0.712. The van der Waals surface area contributed by atoms with Gasteiger partial charge in [-0.1, -0.05) is 6.07 Å². The molecule has 1 N–H and O–H groups in total. The first-order valence-corrected chi connectivity index (χ1v) is 3.89. The van der Waals surface area contributed by atoms with Gasteiger partial charge in [0.05, 0.1) is 0 Å². The summed E-state index contributed by atoms with van der Waals surface area (Å²) in [5.41, 5.74) is 2.58. The number of hydrogen-bond donors (Lipinski definition) is 1. The fraction of sp³-hybridized carbons (Fsp3) is 0.111. The van der Waals surface area contributed by atoms with Crippen LogP contribution in [0.5, 0.6) is 0 Å². The monoisotopic (exact) mass is 176 g/mol. The molecule has 4 heteroatoms. The Morgan fingerprint density at radius 1 is 1.54 bits per heavy atom. The number of fused-ring (bicyclic) bond motifs is 1. The van der Waals surface area contributed by atoms with Crippen molar-refractivity contribution in [2.75, 3.05) is 0 Å². The molecule has 0 unspecified atom stereocenters. The van der Waals surface area contributed by atoms with E-state index in [1.807, 2.05) is 18.2 Å². The molecular formula is C9H8N2O2. The van der Waals surface area contributed by atoms with Crippen molar-refractivity contribution in [1.82, 2.24) is 10.3 Å². The second-order valence-electron chi connectivity index (χ2n) is 2.65. The minimum absolute atomic E-state index is 0.520. The molecule has 4 nitrogen and oxygen atoms in total. The molecule has 0 saturated carbocycles. The molecule has 0 aliphatic carbocycles. The molecule has 0 aliphatic rings. The standard InChI is InChI=1S/C9H8N2O2/c12-5-10-4-7-1-2-9-8(3-7)11-6-13-9/h1-3,5-6H,4H2,(H,10,12). The summed E-state index contributed by atoms with van der Waals surface area (Å²) in [6.45, 7) is 0.520. The lowest BCUT2D eigenvalue weighted by Gasteiger charge is -1.97. The van der Waals surface area contributed by atoms with Gasteiger partial charge in [-0.05, 0) is 17.7 Å². The van der Waals surface area contributed by atoms with E-state index in [9.17, 15) is 4.79 Å². The van der Waals surface area contributed by atoms with E-state index in [-0.39, 0.29) is 0 Å². The van der Waals surface area contributed by atoms with Crippen LogP contribution < -0.4 is 5.32 Å². The van der Waals surface area contributed by atoms with E-state index >= 15 is 0 Å². The van der Waals surface area contributed by atoms with Gasteiger partial charge in [-0.25, -0.2) is 4.98 Å². The van der Waals surface area contributed by atoms with E-state index in [4.69, 9.17) is 4.42 Å². The smallest absolute Gasteiger partial charge is 0.207 e. The Morgan fingerprint density at radius 3 is 3.31 bits per heavy atom. The van der Waals surface area contributed by atoms with Crippen molar-refractivity contribution in [2.24, 2.45) is 0 Å². The predicted molar refractivity (Wildman–Crippen MR) is 46.9 cm³/mol. The van der Waals surface area contributed by atoms with Gasteiger partial charge >= 0.3 is 0 Å². The second-order valence-corrected chi connectivity index (χ2v) is 2.65. The summed E-state index contributed by atoms with van der Waals surface area (Å²) in [7, 11) is 0. The van der Waals surface area contributed by atoms with Gasteiger partial charge in [-0.2, -0.15) is 0 Å². The van der Waals surface area contributed by atoms with Gasteiger partial charge in [0.2, 0.25) is 6.41 Å². The lowest BCUT2D eigenvalue weighted by Crippen LogP contribution is -2.09. The first-order valence-electron chi connectivity index (χ1n) is 3.89. The van der Waals surface area contributed by atoms with Crippen molar-refractivity contribution in [3.05, 3.63) is 30.2 Å². The van der Waals surface area contributed by atoms with Gasteiger partial charge in [0.15, 0.2) is 12.0 Å². The maximum absolute atomic E-state index is 10.0. The Bertz CT molecular complexity index is 422. The van der Waals surface area contributed by atoms with Crippen LogP contribution in [0.2, 0.25) is 0 Å². The van der Waals surface area contributed by atoms with Crippen molar-refractivity contribution >= 4 is 17.5 Å². The summed E-state index contributed by atoms with van der Waals surface area (Å²) < 4.78 is 5.08. The number of amides is 1. The highest BCUT2D eigenvalue weighted by atomic mass is 16.3. The third kappa shape index (κ3) is 1.51. The van der Waals surface area contributed by atoms with Crippen molar-refractivity contribution in [3.8, 4) is 0 Å². The van der Waals surface area contributed by atoms with E-state index < -0.39 is 0 Å². The molecule has 1 amide bonds. The summed E-state index contributed by atoms with van der Waals surface area (Å²) in [6.07, 6.45) is 2.08. The van der Waals surface area contributed by atoms with Crippen LogP contribution in [0.4, 0.5) is 0 Å². The van der Waals surface area contributed by atoms with Gasteiger partial charge in [-0.15, -0.1) is 0 Å². The molecule has 1 heterocycles. The predicted octanol–water partition coefficient (Wildman–Crippen LogP) is 1.07. The Hall–Kier alpha value is -1.84. The highest BCUT2D eigenvalue weighted by Crippen LogP contribution is 2.13. The molecule has 1 aromatic heterocycles. The largest absolute Gasteiger partial charge is 0.443 e. The van der Waals surface area contributed by atoms with Crippen LogP contribution >= 0.6 is 0 Å². The van der Waals surface area contributed by atoms with Crippen LogP contribution in [0.15, 0.2) is 29.0 Å². The second kappa shape index (κ2) is 3.26. The summed E-state index contributed by atoms with van der Waals surface area (Å²) in [6, 6.07) is 5.61. The lowest BCUT2D eigenvalue weighted by molar-refractivity contribution is -0.109. The zero-order chi connectivity index (χ0) is 9.10. The molecule has 0 saturated heterocycles. The van der Waals surface area contributed by atoms with Crippen LogP contribution in [-0.2, 0) is 11.3 Å². The van der Waals surface area contributed by atoms with E-state index in [1.165, 1.54) is 6.39 Å². The molecule has 0 spiro atoms. The van der Waals surface area contributed by atoms with Gasteiger partial charge < -0.3 is 9.73 Å². The van der Waals surface area contributed by atoms with Crippen molar-refractivity contribution in [1.29, 1.82) is 0 Å². The summed E-state index contributed by atoms with van der Waals surface area (Å²) in [4.78, 5) is 14.1. The van der Waals surface area contributed by atoms with E-state index in [0.717, 1.165) is 16.7 Å². The molecule has 1 aromatic carbocycles. The van der Waals surface area contributed by atoms with E-state index in [2.05, 4.69) is 10.3 Å². The van der Waals surface area contributed by atoms with Crippen molar-refractivity contribution in [2.45, 2.75) is 6.54 Å². The highest BCUT2D eigenvalue weighted by Gasteiger charge is 1.98.